The van der Waals surface area contributed by atoms with Gasteiger partial charge in [0.25, 0.3) is 0 Å². The van der Waals surface area contributed by atoms with Gasteiger partial charge < -0.3 is 4.98 Å². The van der Waals surface area contributed by atoms with Crippen molar-refractivity contribution in [1.82, 2.24) is 19.7 Å². The van der Waals surface area contributed by atoms with E-state index in [1.165, 1.54) is 6.07 Å². The van der Waals surface area contributed by atoms with Gasteiger partial charge in [0.1, 0.15) is 5.15 Å². The molecule has 0 bridgehead atoms. The van der Waals surface area contributed by atoms with Crippen LogP contribution in [0, 0.1) is 0 Å². The van der Waals surface area contributed by atoms with E-state index in [2.05, 4.69) is 15.1 Å². The number of nitrogens with zero attached hydrogens (tertiary/aromatic N) is 3. The summed E-state index contributed by atoms with van der Waals surface area (Å²) >= 11 is 6.30. The lowest BCUT2D eigenvalue weighted by molar-refractivity contribution is 0.768. The molecule has 0 amide bonds. The molecule has 4 rings (SSSR count). The molecular formula is C18H13ClN4O. The summed E-state index contributed by atoms with van der Waals surface area (Å²) in [5, 5.41) is 5.38. The van der Waals surface area contributed by atoms with Crippen molar-refractivity contribution >= 4 is 22.5 Å². The molecule has 0 atom stereocenters. The molecule has 6 heteroatoms. The van der Waals surface area contributed by atoms with Gasteiger partial charge in [-0.3, -0.25) is 9.48 Å². The van der Waals surface area contributed by atoms with Gasteiger partial charge in [-0.05, 0) is 17.2 Å². The average Bonchev–Trinajstić information content (AvgIpc) is 3.01. The van der Waals surface area contributed by atoms with Crippen molar-refractivity contribution in [3.63, 3.8) is 0 Å². The van der Waals surface area contributed by atoms with E-state index in [-0.39, 0.29) is 5.56 Å². The molecule has 0 saturated carbocycles. The van der Waals surface area contributed by atoms with Crippen LogP contribution in [0.4, 0.5) is 0 Å². The third-order valence-electron chi connectivity index (χ3n) is 3.94. The summed E-state index contributed by atoms with van der Waals surface area (Å²) in [6, 6.07) is 11.2. The number of hydrogen-bond donors (Lipinski definition) is 1. The van der Waals surface area contributed by atoms with Gasteiger partial charge in [0, 0.05) is 42.0 Å². The highest BCUT2D eigenvalue weighted by atomic mass is 35.5. The molecule has 0 radical (unpaired) electrons. The number of benzene rings is 1. The van der Waals surface area contributed by atoms with Crippen LogP contribution in [-0.2, 0) is 7.05 Å². The Balaban J connectivity index is 1.87. The summed E-state index contributed by atoms with van der Waals surface area (Å²) in [7, 11) is 1.88. The number of nitrogens with one attached hydrogen (secondary N) is 1. The molecule has 0 fully saturated rings. The van der Waals surface area contributed by atoms with E-state index in [0.29, 0.717) is 10.7 Å². The Hall–Kier alpha value is -2.92. The number of aromatic amines is 1. The summed E-state index contributed by atoms with van der Waals surface area (Å²) in [6.07, 6.45) is 5.43. The van der Waals surface area contributed by atoms with Crippen molar-refractivity contribution in [2.24, 2.45) is 7.05 Å². The van der Waals surface area contributed by atoms with E-state index >= 15 is 0 Å². The molecule has 3 aromatic heterocycles. The van der Waals surface area contributed by atoms with Gasteiger partial charge in [0.2, 0.25) is 5.56 Å². The van der Waals surface area contributed by atoms with Gasteiger partial charge in [-0.2, -0.15) is 5.10 Å². The maximum atomic E-state index is 11.7. The van der Waals surface area contributed by atoms with Gasteiger partial charge in [0.05, 0.1) is 11.7 Å². The first kappa shape index (κ1) is 14.7. The third-order valence-corrected chi connectivity index (χ3v) is 4.22. The second-order valence-electron chi connectivity index (χ2n) is 5.56. The van der Waals surface area contributed by atoms with Crippen molar-refractivity contribution in [3.05, 3.63) is 70.5 Å². The van der Waals surface area contributed by atoms with Gasteiger partial charge in [-0.25, -0.2) is 4.98 Å². The fourth-order valence-electron chi connectivity index (χ4n) is 2.76. The Bertz CT molecular complexity index is 1100. The molecule has 4 aromatic rings. The van der Waals surface area contributed by atoms with Gasteiger partial charge >= 0.3 is 0 Å². The van der Waals surface area contributed by atoms with E-state index in [1.807, 2.05) is 43.7 Å². The Kier molecular flexibility index (Phi) is 3.43. The quantitative estimate of drug-likeness (QED) is 0.568. The highest BCUT2D eigenvalue weighted by Gasteiger charge is 2.11. The minimum atomic E-state index is -0.169. The van der Waals surface area contributed by atoms with E-state index in [9.17, 15) is 4.79 Å². The molecule has 0 aliphatic heterocycles. The molecule has 118 valence electrons. The first-order valence-corrected chi connectivity index (χ1v) is 7.76. The van der Waals surface area contributed by atoms with Crippen molar-refractivity contribution in [2.45, 2.75) is 0 Å². The molecule has 0 spiro atoms. The van der Waals surface area contributed by atoms with E-state index in [1.54, 1.807) is 16.9 Å². The van der Waals surface area contributed by atoms with E-state index in [4.69, 9.17) is 11.6 Å². The first-order valence-electron chi connectivity index (χ1n) is 7.39. The zero-order chi connectivity index (χ0) is 16.7. The molecule has 5 nitrogen and oxygen atoms in total. The Morgan fingerprint density at radius 2 is 1.75 bits per heavy atom. The first-order chi connectivity index (χ1) is 11.6. The van der Waals surface area contributed by atoms with Gasteiger partial charge in [-0.15, -0.1) is 0 Å². The van der Waals surface area contributed by atoms with E-state index < -0.39 is 0 Å². The second kappa shape index (κ2) is 5.62. The maximum absolute atomic E-state index is 11.7. The van der Waals surface area contributed by atoms with Crippen LogP contribution in [0.2, 0.25) is 5.15 Å². The standard InChI is InChI=1S/C18H13ClN4O/c1-23-10-14(9-21-23)11-2-4-12(5-3-11)16-17-13(8-20-18(16)19)6-7-15(24)22-17/h2-10H,1H3,(H,22,24). The molecule has 0 aliphatic carbocycles. The Morgan fingerprint density at radius 3 is 2.46 bits per heavy atom. The molecule has 1 N–H and O–H groups in total. The summed E-state index contributed by atoms with van der Waals surface area (Å²) in [5.41, 5.74) is 4.25. The topological polar surface area (TPSA) is 63.6 Å². The van der Waals surface area contributed by atoms with Crippen molar-refractivity contribution < 1.29 is 0 Å². The number of H-pyrrole nitrogens is 1. The smallest absolute Gasteiger partial charge is 0.248 e. The molecule has 0 unspecified atom stereocenters. The van der Waals surface area contributed by atoms with Crippen molar-refractivity contribution in [2.75, 3.05) is 0 Å². The van der Waals surface area contributed by atoms with Gasteiger partial charge in [-0.1, -0.05) is 35.9 Å². The van der Waals surface area contributed by atoms with Crippen LogP contribution in [0.1, 0.15) is 0 Å². The van der Waals surface area contributed by atoms with Crippen LogP contribution in [-0.4, -0.2) is 19.7 Å². The Morgan fingerprint density at radius 1 is 1.00 bits per heavy atom. The summed E-state index contributed by atoms with van der Waals surface area (Å²) in [6.45, 7) is 0. The Labute approximate surface area is 142 Å². The van der Waals surface area contributed by atoms with Crippen molar-refractivity contribution in [1.29, 1.82) is 0 Å². The van der Waals surface area contributed by atoms with Crippen LogP contribution >= 0.6 is 11.6 Å². The van der Waals surface area contributed by atoms with Crippen LogP contribution in [0.5, 0.6) is 0 Å². The third kappa shape index (κ3) is 2.49. The molecule has 1 aromatic carbocycles. The zero-order valence-corrected chi connectivity index (χ0v) is 13.6. The number of pyridine rings is 2. The van der Waals surface area contributed by atoms with Crippen molar-refractivity contribution in [3.8, 4) is 22.3 Å². The fourth-order valence-corrected chi connectivity index (χ4v) is 3.01. The van der Waals surface area contributed by atoms with Crippen LogP contribution < -0.4 is 5.56 Å². The molecule has 0 aliphatic rings. The lowest BCUT2D eigenvalue weighted by atomic mass is 10.0. The monoisotopic (exact) mass is 336 g/mol. The molecule has 0 saturated heterocycles. The lowest BCUT2D eigenvalue weighted by Crippen LogP contribution is -2.04. The minimum absolute atomic E-state index is 0.169. The SMILES string of the molecule is Cn1cc(-c2ccc(-c3c(Cl)ncc4ccc(=O)[nH]c34)cc2)cn1. The number of hydrogen-bond acceptors (Lipinski definition) is 3. The number of aryl methyl sites for hydroxylation is 1. The summed E-state index contributed by atoms with van der Waals surface area (Å²) in [4.78, 5) is 18.8. The van der Waals surface area contributed by atoms with Crippen LogP contribution in [0.3, 0.4) is 0 Å². The normalized spacial score (nSPS) is 11.1. The molecule has 3 heterocycles. The number of aromatic nitrogens is 4. The number of rotatable bonds is 2. The second-order valence-corrected chi connectivity index (χ2v) is 5.91. The van der Waals surface area contributed by atoms with Crippen LogP contribution in [0.15, 0.2) is 59.8 Å². The summed E-state index contributed by atoms with van der Waals surface area (Å²) in [5.74, 6) is 0. The number of halogens is 1. The predicted octanol–water partition coefficient (Wildman–Crippen LogP) is 3.64. The molecular weight excluding hydrogens is 324 g/mol. The highest BCUT2D eigenvalue weighted by molar-refractivity contribution is 6.33. The molecule has 24 heavy (non-hydrogen) atoms. The maximum Gasteiger partial charge on any atom is 0.248 e. The minimum Gasteiger partial charge on any atom is -0.321 e. The van der Waals surface area contributed by atoms with Gasteiger partial charge in [0.15, 0.2) is 0 Å². The zero-order valence-electron chi connectivity index (χ0n) is 12.8. The highest BCUT2D eigenvalue weighted by Crippen LogP contribution is 2.33. The lowest BCUT2D eigenvalue weighted by Gasteiger charge is -2.09. The fraction of sp³-hybridized carbons (Fsp3) is 0.0556. The van der Waals surface area contributed by atoms with Crippen LogP contribution in [0.25, 0.3) is 33.2 Å². The average molecular weight is 337 g/mol. The summed E-state index contributed by atoms with van der Waals surface area (Å²) < 4.78 is 1.76. The predicted molar refractivity (Wildman–Crippen MR) is 95.0 cm³/mol. The number of fused-ring (bicyclic) bond motifs is 1. The largest absolute Gasteiger partial charge is 0.321 e. The van der Waals surface area contributed by atoms with E-state index in [0.717, 1.165) is 27.6 Å².